The summed E-state index contributed by atoms with van der Waals surface area (Å²) in [5, 5.41) is 20.5. The number of carboxylic acid groups (broad SMARTS) is 1. The van der Waals surface area contributed by atoms with Crippen molar-refractivity contribution in [3.63, 3.8) is 0 Å². The minimum atomic E-state index is -1.18. The van der Waals surface area contributed by atoms with Gasteiger partial charge in [-0.2, -0.15) is 0 Å². The maximum atomic E-state index is 12.6. The number of carbonyl (C=O) groups excluding carboxylic acids is 2. The molecule has 0 fully saturated rings. The van der Waals surface area contributed by atoms with Crippen molar-refractivity contribution in [1.29, 1.82) is 0 Å². The quantitative estimate of drug-likeness (QED) is 0.356. The van der Waals surface area contributed by atoms with Gasteiger partial charge in [-0.25, -0.2) is 9.59 Å². The van der Waals surface area contributed by atoms with E-state index in [0.29, 0.717) is 22.6 Å². The fraction of sp³-hybridized carbons (Fsp3) is 0.261. The summed E-state index contributed by atoms with van der Waals surface area (Å²) in [5.74, 6) is -0.848. The molecule has 0 radical (unpaired) electrons. The Kier molecular flexibility index (Phi) is 9.40. The monoisotopic (exact) mass is 443 g/mol. The first-order valence-corrected chi connectivity index (χ1v) is 9.70. The summed E-state index contributed by atoms with van der Waals surface area (Å²) in [4.78, 5) is 34.9. The number of carbonyl (C=O) groups is 3. The molecule has 9 heteroatoms. The van der Waals surface area contributed by atoms with Crippen molar-refractivity contribution in [3.8, 4) is 5.75 Å². The summed E-state index contributed by atoms with van der Waals surface area (Å²) in [6.07, 6.45) is -0.564. The molecule has 0 bridgehead atoms. The Morgan fingerprint density at radius 3 is 2.44 bits per heavy atom. The zero-order valence-corrected chi connectivity index (χ0v) is 17.7. The zero-order valence-electron chi connectivity index (χ0n) is 17.7. The van der Waals surface area contributed by atoms with Crippen LogP contribution in [0.25, 0.3) is 0 Å². The second-order valence-electron chi connectivity index (χ2n) is 6.63. The smallest absolute Gasteiger partial charge is 0.412 e. The maximum absolute atomic E-state index is 12.6. The van der Waals surface area contributed by atoms with Crippen molar-refractivity contribution < 1.29 is 38.8 Å². The lowest BCUT2D eigenvalue weighted by Crippen LogP contribution is -2.27. The number of ketones is 1. The van der Waals surface area contributed by atoms with Gasteiger partial charge in [0.2, 0.25) is 0 Å². The normalized spacial score (nSPS) is 12.7. The minimum Gasteiger partial charge on any atom is -0.491 e. The number of aliphatic hydroxyl groups excluding tert-OH is 1. The van der Waals surface area contributed by atoms with E-state index in [-0.39, 0.29) is 19.0 Å². The molecule has 32 heavy (non-hydrogen) atoms. The van der Waals surface area contributed by atoms with Gasteiger partial charge in [-0.15, -0.1) is 0 Å². The van der Waals surface area contributed by atoms with Crippen LogP contribution in [0.2, 0.25) is 0 Å². The molecule has 2 aromatic carbocycles. The van der Waals surface area contributed by atoms with Crippen LogP contribution in [0, 0.1) is 0 Å². The van der Waals surface area contributed by atoms with Crippen LogP contribution in [0.3, 0.4) is 0 Å². The average Bonchev–Trinajstić information content (AvgIpc) is 2.77. The van der Waals surface area contributed by atoms with Crippen LogP contribution in [0.5, 0.6) is 5.75 Å². The van der Waals surface area contributed by atoms with E-state index in [1.165, 1.54) is 20.1 Å². The van der Waals surface area contributed by atoms with Crippen LogP contribution in [0.4, 0.5) is 10.5 Å². The van der Waals surface area contributed by atoms with E-state index < -0.39 is 24.3 Å². The first kappa shape index (κ1) is 24.6. The number of rotatable bonds is 11. The van der Waals surface area contributed by atoms with Gasteiger partial charge >= 0.3 is 12.1 Å². The van der Waals surface area contributed by atoms with Gasteiger partial charge in [0.15, 0.2) is 11.9 Å². The molecule has 2 aromatic rings. The number of anilines is 1. The number of aliphatic hydroxyl groups is 1. The number of benzene rings is 2. The number of methoxy groups -OCH3 is 1. The Morgan fingerprint density at radius 2 is 1.84 bits per heavy atom. The highest BCUT2D eigenvalue weighted by Crippen LogP contribution is 2.28. The number of Topliss-reactive ketones (excluding diaryl/α,β-unsaturated/α-hetero) is 1. The number of nitrogens with one attached hydrogen (secondary N) is 1. The summed E-state index contributed by atoms with van der Waals surface area (Å²) in [6.45, 7) is 1.35. The lowest BCUT2D eigenvalue weighted by Gasteiger charge is -2.24. The van der Waals surface area contributed by atoms with E-state index in [9.17, 15) is 14.4 Å². The number of aliphatic carboxylic acids is 1. The van der Waals surface area contributed by atoms with Crippen molar-refractivity contribution in [3.05, 3.63) is 71.8 Å². The molecule has 0 heterocycles. The molecule has 170 valence electrons. The van der Waals surface area contributed by atoms with Crippen LogP contribution < -0.4 is 10.1 Å². The van der Waals surface area contributed by atoms with Crippen LogP contribution in [-0.4, -0.2) is 54.5 Å². The van der Waals surface area contributed by atoms with E-state index in [0.717, 1.165) is 6.08 Å². The number of amides is 1. The van der Waals surface area contributed by atoms with E-state index in [2.05, 4.69) is 5.32 Å². The third-order valence-electron chi connectivity index (χ3n) is 4.32. The first-order valence-electron chi connectivity index (χ1n) is 9.70. The van der Waals surface area contributed by atoms with E-state index in [1.54, 1.807) is 48.5 Å². The molecule has 0 aliphatic rings. The van der Waals surface area contributed by atoms with Crippen molar-refractivity contribution in [2.24, 2.45) is 0 Å². The topological polar surface area (TPSA) is 131 Å². The van der Waals surface area contributed by atoms with Gasteiger partial charge in [0.25, 0.3) is 0 Å². The van der Waals surface area contributed by atoms with E-state index in [4.69, 9.17) is 24.4 Å². The van der Waals surface area contributed by atoms with Crippen LogP contribution >= 0.6 is 0 Å². The van der Waals surface area contributed by atoms with Gasteiger partial charge in [-0.1, -0.05) is 12.1 Å². The predicted octanol–water partition coefficient (Wildman–Crippen LogP) is 3.21. The molecule has 1 amide bonds. The highest BCUT2D eigenvalue weighted by Gasteiger charge is 2.26. The average molecular weight is 443 g/mol. The SMILES string of the molecule is CO[C@@H](/C=C/C(=O)O)[C@@H](OC(=O)Nc1ccc(C(C)=O)cc1)c1cccc(OCCO)c1. The molecule has 0 saturated heterocycles. The molecule has 0 spiro atoms. The Bertz CT molecular complexity index is 955. The summed E-state index contributed by atoms with van der Waals surface area (Å²) in [7, 11) is 1.36. The largest absolute Gasteiger partial charge is 0.491 e. The third kappa shape index (κ3) is 7.53. The van der Waals surface area contributed by atoms with Gasteiger partial charge in [-0.3, -0.25) is 10.1 Å². The minimum absolute atomic E-state index is 0.0817. The lowest BCUT2D eigenvalue weighted by molar-refractivity contribution is -0.131. The number of ether oxygens (including phenoxy) is 3. The molecule has 0 aromatic heterocycles. The molecular weight excluding hydrogens is 418 g/mol. The van der Waals surface area contributed by atoms with Crippen molar-refractivity contribution in [2.45, 2.75) is 19.1 Å². The highest BCUT2D eigenvalue weighted by molar-refractivity contribution is 5.95. The van der Waals surface area contributed by atoms with Crippen LogP contribution in [0.15, 0.2) is 60.7 Å². The molecule has 0 saturated carbocycles. The van der Waals surface area contributed by atoms with Crippen molar-refractivity contribution >= 4 is 23.5 Å². The molecule has 0 unspecified atom stereocenters. The molecule has 2 atom stereocenters. The molecule has 0 aliphatic carbocycles. The predicted molar refractivity (Wildman–Crippen MR) is 116 cm³/mol. The summed E-state index contributed by atoms with van der Waals surface area (Å²) < 4.78 is 16.3. The molecule has 2 rings (SSSR count). The van der Waals surface area contributed by atoms with Crippen LogP contribution in [-0.2, 0) is 14.3 Å². The molecular formula is C23H25NO8. The second kappa shape index (κ2) is 12.2. The number of hydrogen-bond acceptors (Lipinski definition) is 7. The number of carboxylic acids is 1. The van der Waals surface area contributed by atoms with E-state index in [1.807, 2.05) is 0 Å². The third-order valence-corrected chi connectivity index (χ3v) is 4.32. The first-order chi connectivity index (χ1) is 15.3. The fourth-order valence-corrected chi connectivity index (χ4v) is 2.80. The van der Waals surface area contributed by atoms with Gasteiger partial charge in [0.05, 0.1) is 6.61 Å². The van der Waals surface area contributed by atoms with Gasteiger partial charge in [0.1, 0.15) is 18.5 Å². The van der Waals surface area contributed by atoms with Gasteiger partial charge in [-0.05, 0) is 55.0 Å². The van der Waals surface area contributed by atoms with Crippen LogP contribution in [0.1, 0.15) is 28.9 Å². The van der Waals surface area contributed by atoms with Gasteiger partial charge in [0, 0.05) is 24.4 Å². The van der Waals surface area contributed by atoms with Crippen molar-refractivity contribution in [2.75, 3.05) is 25.6 Å². The highest BCUT2D eigenvalue weighted by atomic mass is 16.6. The fourth-order valence-electron chi connectivity index (χ4n) is 2.80. The number of hydrogen-bond donors (Lipinski definition) is 3. The standard InChI is InChI=1S/C23H25NO8/c1-15(26)16-6-8-18(9-7-16)24-23(29)32-22(20(30-2)10-11-21(27)28)17-4-3-5-19(14-17)31-13-12-25/h3-11,14,20,22,25H,12-13H2,1-2H3,(H,24,29)(H,27,28)/b11-10+/t20-,22-/m0/s1. The molecule has 0 aliphatic heterocycles. The van der Waals surface area contributed by atoms with Gasteiger partial charge < -0.3 is 24.4 Å². The Hall–Kier alpha value is -3.69. The summed E-state index contributed by atoms with van der Waals surface area (Å²) in [5.41, 5.74) is 1.40. The Morgan fingerprint density at radius 1 is 1.12 bits per heavy atom. The summed E-state index contributed by atoms with van der Waals surface area (Å²) >= 11 is 0. The summed E-state index contributed by atoms with van der Waals surface area (Å²) in [6, 6.07) is 12.9. The Labute approximate surface area is 185 Å². The molecule has 3 N–H and O–H groups in total. The van der Waals surface area contributed by atoms with E-state index >= 15 is 0 Å². The Balaban J connectivity index is 2.26. The lowest BCUT2D eigenvalue weighted by atomic mass is 10.0. The zero-order chi connectivity index (χ0) is 23.5. The maximum Gasteiger partial charge on any atom is 0.412 e. The second-order valence-corrected chi connectivity index (χ2v) is 6.63. The van der Waals surface area contributed by atoms with Crippen molar-refractivity contribution in [1.82, 2.24) is 0 Å². The molecule has 9 nitrogen and oxygen atoms in total.